The molecule has 0 aliphatic carbocycles. The summed E-state index contributed by atoms with van der Waals surface area (Å²) in [5, 5.41) is 13.1. The van der Waals surface area contributed by atoms with E-state index in [1.54, 1.807) is 30.3 Å². The van der Waals surface area contributed by atoms with E-state index in [1.165, 1.54) is 47.4 Å². The van der Waals surface area contributed by atoms with Crippen LogP contribution in [0.4, 0.5) is 10.5 Å². The van der Waals surface area contributed by atoms with Gasteiger partial charge in [0.1, 0.15) is 12.7 Å². The monoisotopic (exact) mass is 557 g/mol. The highest BCUT2D eigenvalue weighted by atomic mass is 16.6. The number of carbonyl (C=O) groups is 5. The summed E-state index contributed by atoms with van der Waals surface area (Å²) in [6.45, 7) is -0.224. The van der Waals surface area contributed by atoms with Gasteiger partial charge in [0.05, 0.1) is 28.2 Å². The number of likely N-dealkylation sites (tertiary alicyclic amines) is 1. The van der Waals surface area contributed by atoms with E-state index >= 15 is 0 Å². The van der Waals surface area contributed by atoms with Crippen LogP contribution < -0.4 is 5.32 Å². The molecule has 0 bridgehead atoms. The molecule has 208 valence electrons. The second-order valence-electron chi connectivity index (χ2n) is 9.55. The number of ketones is 1. The minimum atomic E-state index is -0.773. The molecule has 12 nitrogen and oxygen atoms in total. The third-order valence-electron chi connectivity index (χ3n) is 6.89. The maximum absolute atomic E-state index is 13.4. The first-order valence-electron chi connectivity index (χ1n) is 12.7. The summed E-state index contributed by atoms with van der Waals surface area (Å²) in [5.74, 6) is -2.32. The molecule has 12 heteroatoms. The van der Waals surface area contributed by atoms with Crippen LogP contribution in [0.15, 0.2) is 72.8 Å². The zero-order chi connectivity index (χ0) is 29.1. The summed E-state index contributed by atoms with van der Waals surface area (Å²) < 4.78 is 11.1. The number of esters is 1. The van der Waals surface area contributed by atoms with Crippen LogP contribution in [0, 0.1) is 10.1 Å². The van der Waals surface area contributed by atoms with Crippen molar-refractivity contribution in [3.63, 3.8) is 0 Å². The van der Waals surface area contributed by atoms with Gasteiger partial charge < -0.3 is 14.4 Å². The van der Waals surface area contributed by atoms with Gasteiger partial charge in [-0.1, -0.05) is 30.3 Å². The highest BCUT2D eigenvalue weighted by Crippen LogP contribution is 2.28. The van der Waals surface area contributed by atoms with Crippen LogP contribution in [0.5, 0.6) is 0 Å². The average molecular weight is 558 g/mol. The number of rotatable bonds is 8. The maximum Gasteiger partial charge on any atom is 0.410 e. The third kappa shape index (κ3) is 5.81. The average Bonchev–Trinajstić information content (AvgIpc) is 3.51. The SMILES string of the molecule is O=C(O[C@@H]1C[C@@H](CC(=O)c2cccc3c2C(=O)NC3=O)N(C(=O)OCc2ccc([N+](=O)[O-])cc2)C1)c1ccccc1. The molecule has 3 aromatic carbocycles. The summed E-state index contributed by atoms with van der Waals surface area (Å²) in [5.41, 5.74) is 0.869. The summed E-state index contributed by atoms with van der Waals surface area (Å²) in [6, 6.07) is 17.5. The second kappa shape index (κ2) is 11.4. The van der Waals surface area contributed by atoms with E-state index in [1.807, 2.05) is 0 Å². The Balaban J connectivity index is 1.32. The molecule has 1 N–H and O–H groups in total. The summed E-state index contributed by atoms with van der Waals surface area (Å²) in [6.07, 6.45) is -1.59. The van der Waals surface area contributed by atoms with Gasteiger partial charge in [-0.05, 0) is 35.9 Å². The molecular weight excluding hydrogens is 534 g/mol. The van der Waals surface area contributed by atoms with Crippen LogP contribution >= 0.6 is 0 Å². The molecule has 2 aliphatic rings. The van der Waals surface area contributed by atoms with Crippen molar-refractivity contribution in [2.24, 2.45) is 0 Å². The number of nitro benzene ring substituents is 1. The van der Waals surface area contributed by atoms with Gasteiger partial charge in [-0.25, -0.2) is 9.59 Å². The Hall–Kier alpha value is -5.39. The molecule has 1 saturated heterocycles. The van der Waals surface area contributed by atoms with Gasteiger partial charge in [0.15, 0.2) is 5.78 Å². The quantitative estimate of drug-likeness (QED) is 0.143. The van der Waals surface area contributed by atoms with Gasteiger partial charge in [-0.2, -0.15) is 0 Å². The van der Waals surface area contributed by atoms with Gasteiger partial charge in [0.25, 0.3) is 17.5 Å². The van der Waals surface area contributed by atoms with E-state index in [-0.39, 0.29) is 48.4 Å². The van der Waals surface area contributed by atoms with Crippen LogP contribution in [0.2, 0.25) is 0 Å². The molecule has 2 aliphatic heterocycles. The number of imide groups is 1. The van der Waals surface area contributed by atoms with E-state index in [2.05, 4.69) is 5.32 Å². The Bertz CT molecular complexity index is 1550. The van der Waals surface area contributed by atoms with Crippen LogP contribution in [0.1, 0.15) is 59.8 Å². The van der Waals surface area contributed by atoms with Gasteiger partial charge in [-0.3, -0.25) is 29.8 Å². The van der Waals surface area contributed by atoms with E-state index in [0.29, 0.717) is 11.1 Å². The molecule has 41 heavy (non-hydrogen) atoms. The third-order valence-corrected chi connectivity index (χ3v) is 6.89. The lowest BCUT2D eigenvalue weighted by atomic mass is 9.95. The molecule has 0 unspecified atom stereocenters. The van der Waals surface area contributed by atoms with Crippen molar-refractivity contribution < 1.29 is 38.4 Å². The zero-order valence-corrected chi connectivity index (χ0v) is 21.5. The number of ether oxygens (including phenoxy) is 2. The summed E-state index contributed by atoms with van der Waals surface area (Å²) >= 11 is 0. The predicted octanol–water partition coefficient (Wildman–Crippen LogP) is 3.69. The predicted molar refractivity (Wildman–Crippen MR) is 141 cm³/mol. The van der Waals surface area contributed by atoms with Gasteiger partial charge in [-0.15, -0.1) is 0 Å². The largest absolute Gasteiger partial charge is 0.457 e. The fraction of sp³-hybridized carbons (Fsp3) is 0.207. The number of fused-ring (bicyclic) bond motifs is 1. The molecule has 1 fully saturated rings. The Kier molecular flexibility index (Phi) is 7.55. The van der Waals surface area contributed by atoms with Crippen molar-refractivity contribution in [1.29, 1.82) is 0 Å². The molecule has 3 aromatic rings. The number of nitrogens with zero attached hydrogens (tertiary/aromatic N) is 2. The molecule has 0 saturated carbocycles. The first-order valence-corrected chi connectivity index (χ1v) is 12.7. The molecule has 5 rings (SSSR count). The van der Waals surface area contributed by atoms with Crippen molar-refractivity contribution in [3.8, 4) is 0 Å². The topological polar surface area (TPSA) is 162 Å². The van der Waals surface area contributed by atoms with Crippen molar-refractivity contribution >= 4 is 35.3 Å². The van der Waals surface area contributed by atoms with Crippen LogP contribution in [0.25, 0.3) is 0 Å². The Morgan fingerprint density at radius 2 is 1.68 bits per heavy atom. The number of Topliss-reactive ketones (excluding diaryl/α,β-unsaturated/α-hetero) is 1. The van der Waals surface area contributed by atoms with Gasteiger partial charge in [0, 0.05) is 36.6 Å². The standard InChI is InChI=1S/C29H23N3O9/c33-24(22-7-4-8-23-25(22)27(35)30-26(23)34)14-20-13-21(41-28(36)18-5-2-1-3-6-18)15-31(20)29(37)40-16-17-9-11-19(12-10-17)32(38)39/h1-12,20-21H,13-16H2,(H,30,34,35)/t20-,21+/m0/s1. The molecule has 0 spiro atoms. The van der Waals surface area contributed by atoms with Gasteiger partial charge in [0.2, 0.25) is 0 Å². The smallest absolute Gasteiger partial charge is 0.410 e. The number of hydrogen-bond donors (Lipinski definition) is 1. The van der Waals surface area contributed by atoms with E-state index in [4.69, 9.17) is 9.47 Å². The molecule has 0 aromatic heterocycles. The number of non-ortho nitro benzene ring substituents is 1. The van der Waals surface area contributed by atoms with Crippen LogP contribution in [-0.2, 0) is 16.1 Å². The highest BCUT2D eigenvalue weighted by Gasteiger charge is 2.40. The summed E-state index contributed by atoms with van der Waals surface area (Å²) in [4.78, 5) is 75.2. The highest BCUT2D eigenvalue weighted by molar-refractivity contribution is 6.25. The van der Waals surface area contributed by atoms with E-state index < -0.39 is 46.7 Å². The molecule has 2 heterocycles. The Morgan fingerprint density at radius 3 is 2.39 bits per heavy atom. The molecule has 0 radical (unpaired) electrons. The fourth-order valence-corrected chi connectivity index (χ4v) is 4.89. The second-order valence-corrected chi connectivity index (χ2v) is 9.55. The van der Waals surface area contributed by atoms with Gasteiger partial charge >= 0.3 is 12.1 Å². The normalized spacial score (nSPS) is 17.5. The van der Waals surface area contributed by atoms with Crippen molar-refractivity contribution in [2.75, 3.05) is 6.54 Å². The minimum Gasteiger partial charge on any atom is -0.457 e. The first kappa shape index (κ1) is 27.2. The Morgan fingerprint density at radius 1 is 0.951 bits per heavy atom. The number of hydrogen-bond acceptors (Lipinski definition) is 9. The van der Waals surface area contributed by atoms with Crippen molar-refractivity contribution in [2.45, 2.75) is 31.6 Å². The Labute approximate surface area is 233 Å². The van der Waals surface area contributed by atoms with E-state index in [9.17, 15) is 34.1 Å². The molecular formula is C29H23N3O9. The number of nitro groups is 1. The summed E-state index contributed by atoms with van der Waals surface area (Å²) in [7, 11) is 0. The lowest BCUT2D eigenvalue weighted by molar-refractivity contribution is -0.384. The number of nitrogens with one attached hydrogen (secondary N) is 1. The fourth-order valence-electron chi connectivity index (χ4n) is 4.89. The van der Waals surface area contributed by atoms with Crippen LogP contribution in [0.3, 0.4) is 0 Å². The molecule has 3 amide bonds. The van der Waals surface area contributed by atoms with Crippen LogP contribution in [-0.4, -0.2) is 58.2 Å². The first-order chi connectivity index (χ1) is 19.7. The lowest BCUT2D eigenvalue weighted by Gasteiger charge is -2.23. The maximum atomic E-state index is 13.4. The zero-order valence-electron chi connectivity index (χ0n) is 21.5. The van der Waals surface area contributed by atoms with Crippen molar-refractivity contribution in [1.82, 2.24) is 10.2 Å². The molecule has 2 atom stereocenters. The number of carbonyl (C=O) groups excluding carboxylic acids is 5. The van der Waals surface area contributed by atoms with Crippen molar-refractivity contribution in [3.05, 3.63) is 111 Å². The number of amides is 3. The lowest BCUT2D eigenvalue weighted by Crippen LogP contribution is -2.38. The van der Waals surface area contributed by atoms with E-state index in [0.717, 1.165) is 0 Å². The number of benzene rings is 3. The minimum absolute atomic E-state index is 0.0140.